The number of carbonyl (C=O) groups is 1. The second kappa shape index (κ2) is 8.44. The second-order valence-corrected chi connectivity index (χ2v) is 3.37. The molecule has 0 saturated carbocycles. The van der Waals surface area contributed by atoms with Gasteiger partial charge in [0, 0.05) is 19.1 Å². The zero-order valence-electron chi connectivity index (χ0n) is 9.61. The van der Waals surface area contributed by atoms with E-state index < -0.39 is 0 Å². The van der Waals surface area contributed by atoms with Gasteiger partial charge in [-0.3, -0.25) is 9.69 Å². The Morgan fingerprint density at radius 2 is 2.33 bits per heavy atom. The van der Waals surface area contributed by atoms with E-state index >= 15 is 0 Å². The molecule has 0 aliphatic carbocycles. The van der Waals surface area contributed by atoms with Gasteiger partial charge in [-0.05, 0) is 13.8 Å². The lowest BCUT2D eigenvalue weighted by Gasteiger charge is -2.26. The van der Waals surface area contributed by atoms with Gasteiger partial charge in [0.05, 0.1) is 19.6 Å². The summed E-state index contributed by atoms with van der Waals surface area (Å²) in [5, 5.41) is 8.86. The molecule has 0 spiro atoms. The first-order valence-electron chi connectivity index (χ1n) is 5.27. The zero-order chi connectivity index (χ0) is 11.7. The number of hydrogen-bond donors (Lipinski definition) is 1. The summed E-state index contributed by atoms with van der Waals surface area (Å²) >= 11 is 0. The molecule has 0 fully saturated rings. The zero-order valence-corrected chi connectivity index (χ0v) is 9.61. The molecule has 4 heteroatoms. The third-order valence-corrected chi connectivity index (χ3v) is 2.14. The topological polar surface area (TPSA) is 49.8 Å². The highest BCUT2D eigenvalue weighted by Gasteiger charge is 2.16. The summed E-state index contributed by atoms with van der Waals surface area (Å²) in [6, 6.07) is 0.0641. The van der Waals surface area contributed by atoms with Crippen LogP contribution in [-0.2, 0) is 9.53 Å². The van der Waals surface area contributed by atoms with E-state index in [-0.39, 0.29) is 18.6 Å². The molecule has 0 aliphatic rings. The van der Waals surface area contributed by atoms with Crippen LogP contribution in [0.2, 0.25) is 0 Å². The van der Waals surface area contributed by atoms with E-state index in [1.54, 1.807) is 13.0 Å². The summed E-state index contributed by atoms with van der Waals surface area (Å²) in [5.74, 6) is -0.197. The van der Waals surface area contributed by atoms with Crippen LogP contribution in [0.4, 0.5) is 0 Å². The van der Waals surface area contributed by atoms with Gasteiger partial charge in [-0.15, -0.1) is 6.58 Å². The van der Waals surface area contributed by atoms with Crippen LogP contribution in [0, 0.1) is 0 Å². The molecule has 15 heavy (non-hydrogen) atoms. The lowest BCUT2D eigenvalue weighted by atomic mass is 10.2. The summed E-state index contributed by atoms with van der Waals surface area (Å²) < 4.78 is 4.87. The second-order valence-electron chi connectivity index (χ2n) is 3.37. The monoisotopic (exact) mass is 215 g/mol. The number of aliphatic hydroxyl groups excluding tert-OH is 1. The Morgan fingerprint density at radius 1 is 1.67 bits per heavy atom. The van der Waals surface area contributed by atoms with Crippen molar-refractivity contribution in [2.45, 2.75) is 26.3 Å². The van der Waals surface area contributed by atoms with Crippen molar-refractivity contribution in [3.8, 4) is 0 Å². The van der Waals surface area contributed by atoms with Crippen molar-refractivity contribution in [1.29, 1.82) is 0 Å². The van der Waals surface area contributed by atoms with Crippen molar-refractivity contribution in [2.75, 3.05) is 26.3 Å². The minimum atomic E-state index is -0.197. The number of esters is 1. The highest BCUT2D eigenvalue weighted by atomic mass is 16.5. The number of rotatable bonds is 8. The Kier molecular flexibility index (Phi) is 7.95. The third-order valence-electron chi connectivity index (χ3n) is 2.14. The van der Waals surface area contributed by atoms with Gasteiger partial charge in [0.1, 0.15) is 0 Å². The van der Waals surface area contributed by atoms with Crippen molar-refractivity contribution in [2.24, 2.45) is 0 Å². The molecule has 0 aromatic carbocycles. The maximum Gasteiger partial charge on any atom is 0.307 e. The van der Waals surface area contributed by atoms with Gasteiger partial charge in [-0.25, -0.2) is 0 Å². The fraction of sp³-hybridized carbons (Fsp3) is 0.727. The molecule has 0 rings (SSSR count). The predicted molar refractivity (Wildman–Crippen MR) is 59.6 cm³/mol. The van der Waals surface area contributed by atoms with Gasteiger partial charge < -0.3 is 9.84 Å². The lowest BCUT2D eigenvalue weighted by Crippen LogP contribution is -2.37. The van der Waals surface area contributed by atoms with Gasteiger partial charge in [0.25, 0.3) is 0 Å². The summed E-state index contributed by atoms with van der Waals surface area (Å²) in [6.45, 7) is 9.08. The Morgan fingerprint density at radius 3 is 2.80 bits per heavy atom. The Hall–Kier alpha value is -0.870. The average Bonchev–Trinajstić information content (AvgIpc) is 2.17. The average molecular weight is 215 g/mol. The van der Waals surface area contributed by atoms with Gasteiger partial charge in [-0.1, -0.05) is 6.08 Å². The fourth-order valence-corrected chi connectivity index (χ4v) is 1.38. The van der Waals surface area contributed by atoms with E-state index in [1.807, 2.05) is 11.8 Å². The Balaban J connectivity index is 4.05. The molecule has 88 valence electrons. The lowest BCUT2D eigenvalue weighted by molar-refractivity contribution is -0.144. The minimum absolute atomic E-state index is 0.0641. The molecule has 0 aromatic heterocycles. The molecule has 0 heterocycles. The van der Waals surface area contributed by atoms with Crippen LogP contribution in [0.1, 0.15) is 20.3 Å². The molecule has 1 atom stereocenters. The van der Waals surface area contributed by atoms with Crippen LogP contribution < -0.4 is 0 Å². The Labute approximate surface area is 91.5 Å². The quantitative estimate of drug-likeness (QED) is 0.481. The van der Waals surface area contributed by atoms with E-state index in [9.17, 15) is 4.79 Å². The predicted octanol–water partition coefficient (Wildman–Crippen LogP) is 0.808. The molecule has 0 bridgehead atoms. The van der Waals surface area contributed by atoms with Gasteiger partial charge in [-0.2, -0.15) is 0 Å². The van der Waals surface area contributed by atoms with E-state index in [4.69, 9.17) is 9.84 Å². The molecular weight excluding hydrogens is 194 g/mol. The molecule has 0 amide bonds. The highest BCUT2D eigenvalue weighted by Crippen LogP contribution is 2.04. The van der Waals surface area contributed by atoms with Gasteiger partial charge in [0.15, 0.2) is 0 Å². The Bertz CT molecular complexity index is 194. The van der Waals surface area contributed by atoms with Gasteiger partial charge >= 0.3 is 5.97 Å². The number of nitrogens with zero attached hydrogens (tertiary/aromatic N) is 1. The molecule has 1 N–H and O–H groups in total. The first kappa shape index (κ1) is 14.1. The SMILES string of the molecule is C=CCN(CCO)C(C)CC(=O)OCC. The summed E-state index contributed by atoms with van der Waals surface area (Å²) in [5.41, 5.74) is 0. The van der Waals surface area contributed by atoms with E-state index in [0.29, 0.717) is 26.1 Å². The summed E-state index contributed by atoms with van der Waals surface area (Å²) in [7, 11) is 0. The van der Waals surface area contributed by atoms with Crippen LogP contribution in [0.5, 0.6) is 0 Å². The number of hydrogen-bond acceptors (Lipinski definition) is 4. The molecule has 0 saturated heterocycles. The smallest absolute Gasteiger partial charge is 0.307 e. The van der Waals surface area contributed by atoms with Crippen molar-refractivity contribution >= 4 is 5.97 Å². The van der Waals surface area contributed by atoms with Crippen LogP contribution >= 0.6 is 0 Å². The standard InChI is InChI=1S/C11H21NO3/c1-4-6-12(7-8-13)10(3)9-11(14)15-5-2/h4,10,13H,1,5-9H2,2-3H3. The molecular formula is C11H21NO3. The van der Waals surface area contributed by atoms with Crippen LogP contribution in [-0.4, -0.2) is 48.3 Å². The van der Waals surface area contributed by atoms with E-state index in [0.717, 1.165) is 0 Å². The first-order valence-corrected chi connectivity index (χ1v) is 5.27. The van der Waals surface area contributed by atoms with Gasteiger partial charge in [0.2, 0.25) is 0 Å². The minimum Gasteiger partial charge on any atom is -0.466 e. The largest absolute Gasteiger partial charge is 0.466 e. The fourth-order valence-electron chi connectivity index (χ4n) is 1.38. The molecule has 0 radical (unpaired) electrons. The molecule has 1 unspecified atom stereocenters. The molecule has 0 aliphatic heterocycles. The van der Waals surface area contributed by atoms with Crippen LogP contribution in [0.25, 0.3) is 0 Å². The van der Waals surface area contributed by atoms with E-state index in [2.05, 4.69) is 6.58 Å². The first-order chi connectivity index (χ1) is 7.15. The maximum absolute atomic E-state index is 11.2. The molecule has 0 aromatic rings. The molecule has 4 nitrogen and oxygen atoms in total. The van der Waals surface area contributed by atoms with Crippen molar-refractivity contribution in [1.82, 2.24) is 4.90 Å². The van der Waals surface area contributed by atoms with Crippen molar-refractivity contribution in [3.05, 3.63) is 12.7 Å². The van der Waals surface area contributed by atoms with Crippen LogP contribution in [0.3, 0.4) is 0 Å². The summed E-state index contributed by atoms with van der Waals surface area (Å²) in [4.78, 5) is 13.2. The van der Waals surface area contributed by atoms with Crippen LogP contribution in [0.15, 0.2) is 12.7 Å². The maximum atomic E-state index is 11.2. The normalized spacial score (nSPS) is 12.5. The number of carbonyl (C=O) groups excluding carboxylic acids is 1. The van der Waals surface area contributed by atoms with E-state index in [1.165, 1.54) is 0 Å². The number of aliphatic hydroxyl groups is 1. The highest BCUT2D eigenvalue weighted by molar-refractivity contribution is 5.70. The summed E-state index contributed by atoms with van der Waals surface area (Å²) in [6.07, 6.45) is 2.11. The third kappa shape index (κ3) is 6.25. The number of ether oxygens (including phenoxy) is 1. The van der Waals surface area contributed by atoms with Crippen molar-refractivity contribution in [3.63, 3.8) is 0 Å². The van der Waals surface area contributed by atoms with Crippen molar-refractivity contribution < 1.29 is 14.6 Å².